The van der Waals surface area contributed by atoms with Crippen LogP contribution in [0, 0.1) is 0 Å². The van der Waals surface area contributed by atoms with E-state index >= 15 is 0 Å². The molecule has 3 heteroatoms. The molecule has 0 saturated heterocycles. The highest BCUT2D eigenvalue weighted by atomic mass is 16.5. The van der Waals surface area contributed by atoms with Crippen LogP contribution < -0.4 is 15.8 Å². The van der Waals surface area contributed by atoms with Gasteiger partial charge in [-0.3, -0.25) is 0 Å². The minimum Gasteiger partial charge on any atom is -0.496 e. The van der Waals surface area contributed by atoms with E-state index in [1.165, 1.54) is 11.1 Å². The highest BCUT2D eigenvalue weighted by Gasteiger charge is 2.15. The molecule has 1 aromatic rings. The number of ether oxygens (including phenoxy) is 1. The fourth-order valence-electron chi connectivity index (χ4n) is 1.83. The number of nitrogens with one attached hydrogen (secondary N) is 1. The second kappa shape index (κ2) is 6.76. The molecule has 0 aromatic heterocycles. The van der Waals surface area contributed by atoms with Gasteiger partial charge in [-0.1, -0.05) is 32.9 Å². The van der Waals surface area contributed by atoms with Crippen molar-refractivity contribution in [1.29, 1.82) is 0 Å². The van der Waals surface area contributed by atoms with E-state index in [9.17, 15) is 0 Å². The van der Waals surface area contributed by atoms with Gasteiger partial charge in [0.25, 0.3) is 0 Å². The second-order valence-electron chi connectivity index (χ2n) is 5.60. The van der Waals surface area contributed by atoms with Gasteiger partial charge in [-0.25, -0.2) is 0 Å². The summed E-state index contributed by atoms with van der Waals surface area (Å²) in [4.78, 5) is 0. The fourth-order valence-corrected chi connectivity index (χ4v) is 1.83. The first kappa shape index (κ1) is 15.0. The van der Waals surface area contributed by atoms with Gasteiger partial charge in [0.15, 0.2) is 0 Å². The molecule has 0 aliphatic heterocycles. The molecule has 0 fully saturated rings. The standard InChI is InChI=1S/C15H26N2O/c1-15(2,3)13-6-7-14(18-4)12(10-13)11-17-9-5-8-16/h6-7,10,17H,5,8-9,11,16H2,1-4H3. The molecule has 0 unspecified atom stereocenters. The van der Waals surface area contributed by atoms with Gasteiger partial charge in [0.1, 0.15) is 5.75 Å². The maximum atomic E-state index is 5.48. The van der Waals surface area contributed by atoms with Crippen molar-refractivity contribution < 1.29 is 4.74 Å². The Balaban J connectivity index is 2.79. The Kier molecular flexibility index (Phi) is 5.63. The number of hydrogen-bond acceptors (Lipinski definition) is 3. The monoisotopic (exact) mass is 250 g/mol. The van der Waals surface area contributed by atoms with Crippen molar-refractivity contribution in [3.8, 4) is 5.75 Å². The van der Waals surface area contributed by atoms with Crippen molar-refractivity contribution in [2.75, 3.05) is 20.2 Å². The molecule has 0 atom stereocenters. The van der Waals surface area contributed by atoms with Crippen LogP contribution in [0.5, 0.6) is 5.75 Å². The van der Waals surface area contributed by atoms with Crippen LogP contribution in [0.3, 0.4) is 0 Å². The number of hydrogen-bond donors (Lipinski definition) is 2. The zero-order valence-corrected chi connectivity index (χ0v) is 12.0. The zero-order chi connectivity index (χ0) is 13.6. The average Bonchev–Trinajstić information content (AvgIpc) is 2.33. The zero-order valence-electron chi connectivity index (χ0n) is 12.0. The molecule has 0 spiro atoms. The maximum absolute atomic E-state index is 5.48. The summed E-state index contributed by atoms with van der Waals surface area (Å²) in [6.07, 6.45) is 1.00. The Morgan fingerprint density at radius 3 is 2.56 bits per heavy atom. The molecule has 18 heavy (non-hydrogen) atoms. The lowest BCUT2D eigenvalue weighted by atomic mass is 9.86. The van der Waals surface area contributed by atoms with Gasteiger partial charge in [0.05, 0.1) is 7.11 Å². The molecule has 0 saturated carbocycles. The largest absolute Gasteiger partial charge is 0.496 e. The van der Waals surface area contributed by atoms with E-state index in [1.54, 1.807) is 7.11 Å². The summed E-state index contributed by atoms with van der Waals surface area (Å²) < 4.78 is 5.41. The topological polar surface area (TPSA) is 47.3 Å². The fraction of sp³-hybridized carbons (Fsp3) is 0.600. The molecular weight excluding hydrogens is 224 g/mol. The first-order valence-corrected chi connectivity index (χ1v) is 6.57. The van der Waals surface area contributed by atoms with Gasteiger partial charge < -0.3 is 15.8 Å². The molecule has 1 rings (SSSR count). The molecule has 0 amide bonds. The lowest BCUT2D eigenvalue weighted by Crippen LogP contribution is -2.19. The highest BCUT2D eigenvalue weighted by molar-refractivity contribution is 5.39. The molecule has 0 heterocycles. The predicted molar refractivity (Wildman–Crippen MR) is 77.1 cm³/mol. The maximum Gasteiger partial charge on any atom is 0.123 e. The third-order valence-electron chi connectivity index (χ3n) is 3.02. The Morgan fingerprint density at radius 2 is 2.00 bits per heavy atom. The SMILES string of the molecule is COc1ccc(C(C)(C)C)cc1CNCCCN. The summed E-state index contributed by atoms with van der Waals surface area (Å²) in [7, 11) is 1.72. The van der Waals surface area contributed by atoms with Gasteiger partial charge in [0, 0.05) is 12.1 Å². The van der Waals surface area contributed by atoms with Gasteiger partial charge in [-0.05, 0) is 36.6 Å². The molecular formula is C15H26N2O. The van der Waals surface area contributed by atoms with Crippen LogP contribution in [0.15, 0.2) is 18.2 Å². The van der Waals surface area contributed by atoms with Crippen LogP contribution in [0.25, 0.3) is 0 Å². The van der Waals surface area contributed by atoms with Crippen molar-refractivity contribution in [3.05, 3.63) is 29.3 Å². The molecule has 3 nitrogen and oxygen atoms in total. The predicted octanol–water partition coefficient (Wildman–Crippen LogP) is 2.43. The third-order valence-corrected chi connectivity index (χ3v) is 3.02. The van der Waals surface area contributed by atoms with Crippen LogP contribution in [-0.4, -0.2) is 20.2 Å². The molecule has 1 aromatic carbocycles. The van der Waals surface area contributed by atoms with Crippen LogP contribution in [0.1, 0.15) is 38.3 Å². The van der Waals surface area contributed by atoms with Gasteiger partial charge in [-0.15, -0.1) is 0 Å². The van der Waals surface area contributed by atoms with E-state index in [0.717, 1.165) is 31.8 Å². The van der Waals surface area contributed by atoms with Gasteiger partial charge in [-0.2, -0.15) is 0 Å². The Hall–Kier alpha value is -1.06. The first-order chi connectivity index (χ1) is 8.49. The van der Waals surface area contributed by atoms with Crippen LogP contribution >= 0.6 is 0 Å². The minimum absolute atomic E-state index is 0.165. The molecule has 102 valence electrons. The van der Waals surface area contributed by atoms with Crippen molar-refractivity contribution in [3.63, 3.8) is 0 Å². The van der Waals surface area contributed by atoms with Crippen LogP contribution in [0.4, 0.5) is 0 Å². The summed E-state index contributed by atoms with van der Waals surface area (Å²) in [6, 6.07) is 6.43. The van der Waals surface area contributed by atoms with E-state index < -0.39 is 0 Å². The molecule has 0 aliphatic rings. The lowest BCUT2D eigenvalue weighted by molar-refractivity contribution is 0.407. The molecule has 0 radical (unpaired) electrons. The summed E-state index contributed by atoms with van der Waals surface area (Å²) >= 11 is 0. The highest BCUT2D eigenvalue weighted by Crippen LogP contribution is 2.27. The Labute approximate surface area is 111 Å². The van der Waals surface area contributed by atoms with Crippen molar-refractivity contribution in [1.82, 2.24) is 5.32 Å². The number of rotatable bonds is 6. The van der Waals surface area contributed by atoms with Gasteiger partial charge in [0.2, 0.25) is 0 Å². The van der Waals surface area contributed by atoms with Crippen LogP contribution in [-0.2, 0) is 12.0 Å². The smallest absolute Gasteiger partial charge is 0.123 e. The Bertz CT molecular complexity index is 369. The normalized spacial score (nSPS) is 11.6. The van der Waals surface area contributed by atoms with Crippen molar-refractivity contribution in [2.24, 2.45) is 5.73 Å². The molecule has 3 N–H and O–H groups in total. The average molecular weight is 250 g/mol. The number of methoxy groups -OCH3 is 1. The van der Waals surface area contributed by atoms with E-state index in [0.29, 0.717) is 0 Å². The quantitative estimate of drug-likeness (QED) is 0.762. The lowest BCUT2D eigenvalue weighted by Gasteiger charge is -2.21. The minimum atomic E-state index is 0.165. The third kappa shape index (κ3) is 4.31. The van der Waals surface area contributed by atoms with E-state index in [2.05, 4.69) is 44.3 Å². The Morgan fingerprint density at radius 1 is 1.28 bits per heavy atom. The first-order valence-electron chi connectivity index (χ1n) is 6.57. The summed E-state index contributed by atoms with van der Waals surface area (Å²) in [5.41, 5.74) is 8.19. The molecule has 0 aliphatic carbocycles. The van der Waals surface area contributed by atoms with Crippen molar-refractivity contribution in [2.45, 2.75) is 39.2 Å². The molecule has 0 bridgehead atoms. The van der Waals surface area contributed by atoms with Crippen LogP contribution in [0.2, 0.25) is 0 Å². The number of benzene rings is 1. The van der Waals surface area contributed by atoms with Crippen molar-refractivity contribution >= 4 is 0 Å². The summed E-state index contributed by atoms with van der Waals surface area (Å²) in [6.45, 7) is 9.17. The van der Waals surface area contributed by atoms with Gasteiger partial charge >= 0.3 is 0 Å². The van der Waals surface area contributed by atoms with E-state index in [-0.39, 0.29) is 5.41 Å². The van der Waals surface area contributed by atoms with E-state index in [4.69, 9.17) is 10.5 Å². The second-order valence-corrected chi connectivity index (χ2v) is 5.60. The van der Waals surface area contributed by atoms with E-state index in [1.807, 2.05) is 0 Å². The number of nitrogens with two attached hydrogens (primary N) is 1. The summed E-state index contributed by atoms with van der Waals surface area (Å²) in [5, 5.41) is 3.40. The summed E-state index contributed by atoms with van der Waals surface area (Å²) in [5.74, 6) is 0.947.